The number of aliphatic hydroxyl groups excluding tert-OH is 1. The van der Waals surface area contributed by atoms with Gasteiger partial charge in [0.25, 0.3) is 0 Å². The summed E-state index contributed by atoms with van der Waals surface area (Å²) in [6.45, 7) is 1.17. The lowest BCUT2D eigenvalue weighted by molar-refractivity contribution is -0.0110. The van der Waals surface area contributed by atoms with Gasteiger partial charge in [-0.15, -0.1) is 0 Å². The Hall–Kier alpha value is -0.150. The molecule has 11 heavy (non-hydrogen) atoms. The van der Waals surface area contributed by atoms with Gasteiger partial charge in [-0.05, 0) is 18.8 Å². The van der Waals surface area contributed by atoms with Gasteiger partial charge in [-0.1, -0.05) is 0 Å². The fourth-order valence-electron chi connectivity index (χ4n) is 1.56. The molecule has 0 aromatic carbocycles. The molecule has 2 unspecified atom stereocenters. The van der Waals surface area contributed by atoms with Gasteiger partial charge in [0.2, 0.25) is 0 Å². The molecule has 1 heterocycles. The number of alkyl halides is 1. The van der Waals surface area contributed by atoms with Crippen LogP contribution in [0.25, 0.3) is 0 Å². The number of hydrogen-bond donors (Lipinski definition) is 1. The number of halogens is 1. The molecule has 3 heteroatoms. The lowest BCUT2D eigenvalue weighted by Gasteiger charge is -2.29. The molecule has 0 aromatic heterocycles. The minimum Gasteiger partial charge on any atom is -0.396 e. The zero-order valence-electron chi connectivity index (χ0n) is 6.63. The Kier molecular flexibility index (Phi) is 3.80. The van der Waals surface area contributed by atoms with Crippen LogP contribution in [0.3, 0.4) is 0 Å². The van der Waals surface area contributed by atoms with Crippen molar-refractivity contribution in [1.82, 2.24) is 0 Å². The summed E-state index contributed by atoms with van der Waals surface area (Å²) in [7, 11) is 0. The smallest absolute Gasteiger partial charge is 0.0897 e. The monoisotopic (exact) mass is 162 g/mol. The van der Waals surface area contributed by atoms with E-state index >= 15 is 0 Å². The first-order valence-corrected chi connectivity index (χ1v) is 4.13. The zero-order chi connectivity index (χ0) is 8.10. The van der Waals surface area contributed by atoms with Gasteiger partial charge in [-0.2, -0.15) is 0 Å². The van der Waals surface area contributed by atoms with Crippen molar-refractivity contribution in [3.8, 4) is 0 Å². The van der Waals surface area contributed by atoms with Gasteiger partial charge in [0, 0.05) is 19.1 Å². The molecule has 1 fully saturated rings. The minimum atomic E-state index is -0.277. The van der Waals surface area contributed by atoms with Crippen molar-refractivity contribution in [2.24, 2.45) is 11.8 Å². The molecule has 1 N–H and O–H groups in total. The molecule has 0 saturated carbocycles. The second-order valence-electron chi connectivity index (χ2n) is 3.04. The molecule has 0 aromatic rings. The molecule has 0 amide bonds. The Morgan fingerprint density at radius 2 is 2.27 bits per heavy atom. The first-order valence-electron chi connectivity index (χ1n) is 4.13. The third-order valence-electron chi connectivity index (χ3n) is 2.35. The Morgan fingerprint density at radius 3 is 2.91 bits per heavy atom. The van der Waals surface area contributed by atoms with Gasteiger partial charge >= 0.3 is 0 Å². The van der Waals surface area contributed by atoms with Crippen LogP contribution in [0.1, 0.15) is 12.8 Å². The molecule has 2 atom stereocenters. The first-order chi connectivity index (χ1) is 5.38. The van der Waals surface area contributed by atoms with Gasteiger partial charge in [0.15, 0.2) is 0 Å². The third-order valence-corrected chi connectivity index (χ3v) is 2.35. The van der Waals surface area contributed by atoms with Crippen LogP contribution in [0.15, 0.2) is 0 Å². The van der Waals surface area contributed by atoms with Crippen LogP contribution in [0, 0.1) is 11.8 Å². The average molecular weight is 162 g/mol. The van der Waals surface area contributed by atoms with Crippen molar-refractivity contribution in [2.45, 2.75) is 12.8 Å². The standard InChI is InChI=1S/C8H15FO2/c9-3-1-7-2-4-11-6-8(7)5-10/h7-8,10H,1-6H2. The van der Waals surface area contributed by atoms with E-state index in [9.17, 15) is 4.39 Å². The van der Waals surface area contributed by atoms with Crippen LogP contribution in [0.5, 0.6) is 0 Å². The van der Waals surface area contributed by atoms with Gasteiger partial charge in [-0.25, -0.2) is 0 Å². The van der Waals surface area contributed by atoms with E-state index in [0.717, 1.165) is 13.0 Å². The molecule has 0 spiro atoms. The number of rotatable bonds is 3. The normalized spacial score (nSPS) is 32.2. The maximum atomic E-state index is 12.0. The predicted molar refractivity (Wildman–Crippen MR) is 40.1 cm³/mol. The second-order valence-corrected chi connectivity index (χ2v) is 3.04. The summed E-state index contributed by atoms with van der Waals surface area (Å²) in [6, 6.07) is 0. The minimum absolute atomic E-state index is 0.130. The van der Waals surface area contributed by atoms with E-state index in [1.54, 1.807) is 0 Å². The second kappa shape index (κ2) is 4.67. The molecule has 0 radical (unpaired) electrons. The Morgan fingerprint density at radius 1 is 1.45 bits per heavy atom. The van der Waals surface area contributed by atoms with Crippen molar-refractivity contribution in [1.29, 1.82) is 0 Å². The summed E-state index contributed by atoms with van der Waals surface area (Å²) < 4.78 is 17.1. The fourth-order valence-corrected chi connectivity index (χ4v) is 1.56. The highest BCUT2D eigenvalue weighted by molar-refractivity contribution is 4.72. The Bertz CT molecular complexity index is 106. The molecular weight excluding hydrogens is 147 g/mol. The molecule has 1 aliphatic rings. The Labute approximate surface area is 66.4 Å². The highest BCUT2D eigenvalue weighted by atomic mass is 19.1. The Balaban J connectivity index is 2.31. The van der Waals surface area contributed by atoms with Gasteiger partial charge in [-0.3, -0.25) is 4.39 Å². The predicted octanol–water partition coefficient (Wildman–Crippen LogP) is 0.991. The fraction of sp³-hybridized carbons (Fsp3) is 1.00. The van der Waals surface area contributed by atoms with Crippen molar-refractivity contribution >= 4 is 0 Å². The average Bonchev–Trinajstić information content (AvgIpc) is 2.06. The number of ether oxygens (including phenoxy) is 1. The molecule has 2 nitrogen and oxygen atoms in total. The van der Waals surface area contributed by atoms with E-state index in [0.29, 0.717) is 18.9 Å². The molecule has 1 saturated heterocycles. The quantitative estimate of drug-likeness (QED) is 0.670. The van der Waals surface area contributed by atoms with Gasteiger partial charge in [0.1, 0.15) is 0 Å². The summed E-state index contributed by atoms with van der Waals surface area (Å²) in [5, 5.41) is 8.89. The number of aliphatic hydroxyl groups is 1. The van der Waals surface area contributed by atoms with E-state index in [2.05, 4.69) is 0 Å². The molecule has 0 bridgehead atoms. The lowest BCUT2D eigenvalue weighted by Crippen LogP contribution is -2.30. The van der Waals surface area contributed by atoms with Crippen LogP contribution >= 0.6 is 0 Å². The van der Waals surface area contributed by atoms with Crippen LogP contribution in [0.4, 0.5) is 4.39 Å². The van der Waals surface area contributed by atoms with E-state index in [1.165, 1.54) is 0 Å². The van der Waals surface area contributed by atoms with Crippen molar-refractivity contribution in [3.63, 3.8) is 0 Å². The zero-order valence-corrected chi connectivity index (χ0v) is 6.63. The summed E-state index contributed by atoms with van der Waals surface area (Å²) in [5.74, 6) is 0.498. The highest BCUT2D eigenvalue weighted by Crippen LogP contribution is 2.24. The van der Waals surface area contributed by atoms with Crippen LogP contribution < -0.4 is 0 Å². The topological polar surface area (TPSA) is 29.5 Å². The summed E-state index contributed by atoms with van der Waals surface area (Å²) in [6.07, 6.45) is 1.48. The molecule has 1 aliphatic heterocycles. The van der Waals surface area contributed by atoms with Crippen molar-refractivity contribution in [3.05, 3.63) is 0 Å². The van der Waals surface area contributed by atoms with Crippen LogP contribution in [0.2, 0.25) is 0 Å². The van der Waals surface area contributed by atoms with Gasteiger partial charge in [0.05, 0.1) is 13.3 Å². The lowest BCUT2D eigenvalue weighted by atomic mass is 9.87. The highest BCUT2D eigenvalue weighted by Gasteiger charge is 2.24. The van der Waals surface area contributed by atoms with Crippen LogP contribution in [-0.2, 0) is 4.74 Å². The summed E-state index contributed by atoms with van der Waals surface area (Å²) in [4.78, 5) is 0. The molecular formula is C8H15FO2. The third kappa shape index (κ3) is 2.42. The largest absolute Gasteiger partial charge is 0.396 e. The molecule has 0 aliphatic carbocycles. The van der Waals surface area contributed by atoms with E-state index in [-0.39, 0.29) is 19.2 Å². The summed E-state index contributed by atoms with van der Waals surface area (Å²) >= 11 is 0. The van der Waals surface area contributed by atoms with E-state index < -0.39 is 0 Å². The van der Waals surface area contributed by atoms with Gasteiger partial charge < -0.3 is 9.84 Å². The maximum Gasteiger partial charge on any atom is 0.0897 e. The first kappa shape index (κ1) is 8.94. The van der Waals surface area contributed by atoms with E-state index in [1.807, 2.05) is 0 Å². The number of hydrogen-bond acceptors (Lipinski definition) is 2. The van der Waals surface area contributed by atoms with E-state index in [4.69, 9.17) is 9.84 Å². The van der Waals surface area contributed by atoms with Crippen molar-refractivity contribution < 1.29 is 14.2 Å². The maximum absolute atomic E-state index is 12.0. The molecule has 66 valence electrons. The molecule has 1 rings (SSSR count). The SMILES string of the molecule is OCC1COCCC1CCF. The van der Waals surface area contributed by atoms with Crippen LogP contribution in [-0.4, -0.2) is 31.6 Å². The summed E-state index contributed by atoms with van der Waals surface area (Å²) in [5.41, 5.74) is 0. The van der Waals surface area contributed by atoms with Crippen molar-refractivity contribution in [2.75, 3.05) is 26.5 Å².